The summed E-state index contributed by atoms with van der Waals surface area (Å²) in [6, 6.07) is 16.7. The number of rotatable bonds is 5. The minimum atomic E-state index is -0.178. The number of fused-ring (bicyclic) bond motifs is 1. The van der Waals surface area contributed by atoms with E-state index in [9.17, 15) is 9.59 Å². The van der Waals surface area contributed by atoms with Crippen LogP contribution in [0.3, 0.4) is 0 Å². The highest BCUT2D eigenvalue weighted by Crippen LogP contribution is 2.23. The van der Waals surface area contributed by atoms with Gasteiger partial charge in [-0.05, 0) is 23.8 Å². The molecule has 2 N–H and O–H groups in total. The van der Waals surface area contributed by atoms with Gasteiger partial charge in [-0.2, -0.15) is 0 Å². The monoisotopic (exact) mass is 310 g/mol. The summed E-state index contributed by atoms with van der Waals surface area (Å²) in [5, 5.41) is 5.71. The van der Waals surface area contributed by atoms with Crippen molar-refractivity contribution in [2.75, 3.05) is 19.7 Å². The van der Waals surface area contributed by atoms with E-state index in [0.29, 0.717) is 24.4 Å². The zero-order valence-electron chi connectivity index (χ0n) is 12.6. The van der Waals surface area contributed by atoms with Crippen LogP contribution in [0, 0.1) is 0 Å². The molecule has 0 aromatic heterocycles. The standard InChI is InChI=1S/C18H18N2O3/c21-17(12-23-14-6-2-1-3-7-14)19-10-13-11-20-18(22)16-9-5-4-8-15(13)16/h1-9,13H,10-12H2,(H,19,21)(H,20,22). The summed E-state index contributed by atoms with van der Waals surface area (Å²) in [4.78, 5) is 23.7. The molecule has 5 nitrogen and oxygen atoms in total. The Balaban J connectivity index is 1.53. The topological polar surface area (TPSA) is 67.4 Å². The van der Waals surface area contributed by atoms with Crippen molar-refractivity contribution in [1.82, 2.24) is 10.6 Å². The van der Waals surface area contributed by atoms with Gasteiger partial charge in [0.05, 0.1) is 0 Å². The summed E-state index contributed by atoms with van der Waals surface area (Å²) >= 11 is 0. The van der Waals surface area contributed by atoms with Gasteiger partial charge in [-0.25, -0.2) is 0 Å². The van der Waals surface area contributed by atoms with Crippen molar-refractivity contribution in [3.05, 3.63) is 65.7 Å². The van der Waals surface area contributed by atoms with Gasteiger partial charge < -0.3 is 15.4 Å². The molecule has 1 aliphatic heterocycles. The van der Waals surface area contributed by atoms with E-state index in [1.165, 1.54) is 0 Å². The van der Waals surface area contributed by atoms with Gasteiger partial charge >= 0.3 is 0 Å². The third kappa shape index (κ3) is 3.69. The second-order valence-corrected chi connectivity index (χ2v) is 5.40. The van der Waals surface area contributed by atoms with Gasteiger partial charge in [0.2, 0.25) is 0 Å². The largest absolute Gasteiger partial charge is 0.484 e. The molecule has 0 bridgehead atoms. The molecule has 0 saturated heterocycles. The predicted octanol–water partition coefficient (Wildman–Crippen LogP) is 1.71. The molecule has 3 rings (SSSR count). The molecule has 1 heterocycles. The molecular weight excluding hydrogens is 292 g/mol. The smallest absolute Gasteiger partial charge is 0.257 e. The highest BCUT2D eigenvalue weighted by atomic mass is 16.5. The lowest BCUT2D eigenvalue weighted by atomic mass is 9.90. The molecule has 5 heteroatoms. The Labute approximate surface area is 134 Å². The van der Waals surface area contributed by atoms with Crippen molar-refractivity contribution >= 4 is 11.8 Å². The molecule has 2 aromatic carbocycles. The van der Waals surface area contributed by atoms with Crippen molar-refractivity contribution in [2.45, 2.75) is 5.92 Å². The lowest BCUT2D eigenvalue weighted by Gasteiger charge is -2.25. The van der Waals surface area contributed by atoms with E-state index in [0.717, 1.165) is 5.56 Å². The van der Waals surface area contributed by atoms with Crippen molar-refractivity contribution < 1.29 is 14.3 Å². The summed E-state index contributed by atoms with van der Waals surface area (Å²) in [5.74, 6) is 0.501. The molecule has 1 unspecified atom stereocenters. The average molecular weight is 310 g/mol. The Hall–Kier alpha value is -2.82. The number of hydrogen-bond donors (Lipinski definition) is 2. The van der Waals surface area contributed by atoms with Gasteiger partial charge in [0, 0.05) is 24.6 Å². The highest BCUT2D eigenvalue weighted by molar-refractivity contribution is 5.97. The molecule has 2 aromatic rings. The van der Waals surface area contributed by atoms with Crippen molar-refractivity contribution in [2.24, 2.45) is 0 Å². The number of nitrogens with one attached hydrogen (secondary N) is 2. The van der Waals surface area contributed by atoms with E-state index in [2.05, 4.69) is 10.6 Å². The Bertz CT molecular complexity index is 700. The van der Waals surface area contributed by atoms with E-state index >= 15 is 0 Å². The third-order valence-electron chi connectivity index (χ3n) is 3.81. The van der Waals surface area contributed by atoms with Gasteiger partial charge in [-0.1, -0.05) is 36.4 Å². The Kier molecular flexibility index (Phi) is 4.57. The molecule has 0 radical (unpaired) electrons. The average Bonchev–Trinajstić information content (AvgIpc) is 2.60. The van der Waals surface area contributed by atoms with E-state index in [1.807, 2.05) is 36.4 Å². The maximum Gasteiger partial charge on any atom is 0.257 e. The van der Waals surface area contributed by atoms with E-state index in [1.54, 1.807) is 18.2 Å². The number of carbonyl (C=O) groups is 2. The normalized spacial score (nSPS) is 16.2. The molecule has 118 valence electrons. The van der Waals surface area contributed by atoms with Crippen LogP contribution in [0.4, 0.5) is 0 Å². The van der Waals surface area contributed by atoms with Crippen LogP contribution in [-0.2, 0) is 4.79 Å². The summed E-state index contributed by atoms with van der Waals surface area (Å²) < 4.78 is 5.41. The van der Waals surface area contributed by atoms with Crippen LogP contribution in [0.2, 0.25) is 0 Å². The van der Waals surface area contributed by atoms with Crippen molar-refractivity contribution in [1.29, 1.82) is 0 Å². The number of amides is 2. The molecule has 0 saturated carbocycles. The second-order valence-electron chi connectivity index (χ2n) is 5.40. The van der Waals surface area contributed by atoms with Gasteiger partial charge in [0.25, 0.3) is 11.8 Å². The number of para-hydroxylation sites is 1. The van der Waals surface area contributed by atoms with Crippen LogP contribution in [0.15, 0.2) is 54.6 Å². The molecule has 1 aliphatic rings. The fourth-order valence-electron chi connectivity index (χ4n) is 2.62. The molecule has 1 atom stereocenters. The van der Waals surface area contributed by atoms with E-state index < -0.39 is 0 Å². The molecule has 23 heavy (non-hydrogen) atoms. The van der Waals surface area contributed by atoms with Crippen LogP contribution in [0.5, 0.6) is 5.75 Å². The van der Waals surface area contributed by atoms with Crippen molar-refractivity contribution in [3.63, 3.8) is 0 Å². The third-order valence-corrected chi connectivity index (χ3v) is 3.81. The summed E-state index contributed by atoms with van der Waals surface area (Å²) in [5.41, 5.74) is 1.65. The number of carbonyl (C=O) groups excluding carboxylic acids is 2. The number of ether oxygens (including phenoxy) is 1. The van der Waals surface area contributed by atoms with Crippen LogP contribution < -0.4 is 15.4 Å². The predicted molar refractivity (Wildman–Crippen MR) is 86.5 cm³/mol. The van der Waals surface area contributed by atoms with Gasteiger partial charge in [0.1, 0.15) is 5.75 Å². The maximum atomic E-state index is 11.9. The minimum absolute atomic E-state index is 0.0231. The summed E-state index contributed by atoms with van der Waals surface area (Å²) in [7, 11) is 0. The number of hydrogen-bond acceptors (Lipinski definition) is 3. The zero-order chi connectivity index (χ0) is 16.1. The quantitative estimate of drug-likeness (QED) is 0.883. The number of benzene rings is 2. The Morgan fingerprint density at radius 2 is 1.87 bits per heavy atom. The lowest BCUT2D eigenvalue weighted by Crippen LogP contribution is -2.41. The van der Waals surface area contributed by atoms with E-state index in [4.69, 9.17) is 4.74 Å². The molecule has 2 amide bonds. The molecular formula is C18H18N2O3. The molecule has 0 fully saturated rings. The Morgan fingerprint density at radius 1 is 1.13 bits per heavy atom. The highest BCUT2D eigenvalue weighted by Gasteiger charge is 2.24. The fraction of sp³-hybridized carbons (Fsp3) is 0.222. The van der Waals surface area contributed by atoms with Crippen LogP contribution in [0.25, 0.3) is 0 Å². The second kappa shape index (κ2) is 6.96. The first-order valence-corrected chi connectivity index (χ1v) is 7.55. The fourth-order valence-corrected chi connectivity index (χ4v) is 2.62. The first-order chi connectivity index (χ1) is 11.2. The van der Waals surface area contributed by atoms with Gasteiger partial charge in [0.15, 0.2) is 6.61 Å². The minimum Gasteiger partial charge on any atom is -0.484 e. The molecule has 0 spiro atoms. The molecule has 0 aliphatic carbocycles. The first-order valence-electron chi connectivity index (χ1n) is 7.55. The van der Waals surface area contributed by atoms with E-state index in [-0.39, 0.29) is 24.3 Å². The SMILES string of the molecule is O=C(COc1ccccc1)NCC1CNC(=O)c2ccccc21. The summed E-state index contributed by atoms with van der Waals surface area (Å²) in [6.07, 6.45) is 0. The zero-order valence-corrected chi connectivity index (χ0v) is 12.6. The van der Waals surface area contributed by atoms with Crippen LogP contribution >= 0.6 is 0 Å². The maximum absolute atomic E-state index is 11.9. The Morgan fingerprint density at radius 3 is 2.70 bits per heavy atom. The van der Waals surface area contributed by atoms with Gasteiger partial charge in [-0.15, -0.1) is 0 Å². The van der Waals surface area contributed by atoms with Gasteiger partial charge in [-0.3, -0.25) is 9.59 Å². The van der Waals surface area contributed by atoms with Crippen LogP contribution in [0.1, 0.15) is 21.8 Å². The van der Waals surface area contributed by atoms with Crippen LogP contribution in [-0.4, -0.2) is 31.5 Å². The van der Waals surface area contributed by atoms with Crippen molar-refractivity contribution in [3.8, 4) is 5.75 Å². The summed E-state index contributed by atoms with van der Waals surface area (Å²) in [6.45, 7) is 0.967. The first kappa shape index (κ1) is 15.1. The lowest BCUT2D eigenvalue weighted by molar-refractivity contribution is -0.123.